The molecule has 1 aliphatic rings. The van der Waals surface area contributed by atoms with Crippen LogP contribution in [0, 0.1) is 0 Å². The third kappa shape index (κ3) is 1.65. The molecule has 2 nitrogen and oxygen atoms in total. The van der Waals surface area contributed by atoms with Crippen molar-refractivity contribution in [1.82, 2.24) is 0 Å². The van der Waals surface area contributed by atoms with Gasteiger partial charge in [-0.05, 0) is 37.3 Å². The van der Waals surface area contributed by atoms with Crippen LogP contribution in [-0.4, -0.2) is 12.9 Å². The maximum atomic E-state index is 11.2. The maximum Gasteiger partial charge on any atom is 0.159 e. The number of carbonyl (C=O) groups is 1. The SMILES string of the molecule is COc1cc(C(C)=O)ccc1C1CC1. The first-order valence-electron chi connectivity index (χ1n) is 4.91. The Bertz CT molecular complexity index is 365. The Hall–Kier alpha value is -1.31. The van der Waals surface area contributed by atoms with Crippen LogP contribution in [0.5, 0.6) is 5.75 Å². The molecule has 0 unspecified atom stereocenters. The van der Waals surface area contributed by atoms with E-state index in [1.807, 2.05) is 18.2 Å². The lowest BCUT2D eigenvalue weighted by molar-refractivity contribution is 0.101. The van der Waals surface area contributed by atoms with Crippen molar-refractivity contribution in [1.29, 1.82) is 0 Å². The summed E-state index contributed by atoms with van der Waals surface area (Å²) in [6.07, 6.45) is 2.49. The zero-order chi connectivity index (χ0) is 10.1. The average molecular weight is 190 g/mol. The second-order valence-electron chi connectivity index (χ2n) is 3.79. The molecule has 0 bridgehead atoms. The summed E-state index contributed by atoms with van der Waals surface area (Å²) in [5, 5.41) is 0. The van der Waals surface area contributed by atoms with E-state index >= 15 is 0 Å². The summed E-state index contributed by atoms with van der Waals surface area (Å²) in [5.74, 6) is 1.61. The van der Waals surface area contributed by atoms with Gasteiger partial charge in [-0.1, -0.05) is 12.1 Å². The van der Waals surface area contributed by atoms with Crippen molar-refractivity contribution in [3.63, 3.8) is 0 Å². The van der Waals surface area contributed by atoms with E-state index in [1.54, 1.807) is 14.0 Å². The number of hydrogen-bond acceptors (Lipinski definition) is 2. The summed E-state index contributed by atoms with van der Waals surface area (Å²) < 4.78 is 5.29. The van der Waals surface area contributed by atoms with Crippen molar-refractivity contribution >= 4 is 5.78 Å². The lowest BCUT2D eigenvalue weighted by Crippen LogP contribution is -1.96. The lowest BCUT2D eigenvalue weighted by Gasteiger charge is -2.08. The standard InChI is InChI=1S/C12H14O2/c1-8(13)10-5-6-11(9-3-4-9)12(7-10)14-2/h5-7,9H,3-4H2,1-2H3. The monoisotopic (exact) mass is 190 g/mol. The van der Waals surface area contributed by atoms with E-state index in [2.05, 4.69) is 0 Å². The Morgan fingerprint density at radius 1 is 1.43 bits per heavy atom. The van der Waals surface area contributed by atoms with Gasteiger partial charge in [0.1, 0.15) is 5.75 Å². The molecule has 14 heavy (non-hydrogen) atoms. The zero-order valence-electron chi connectivity index (χ0n) is 8.54. The van der Waals surface area contributed by atoms with Gasteiger partial charge in [0.15, 0.2) is 5.78 Å². The van der Waals surface area contributed by atoms with Gasteiger partial charge >= 0.3 is 0 Å². The number of benzene rings is 1. The third-order valence-corrected chi connectivity index (χ3v) is 2.66. The van der Waals surface area contributed by atoms with Gasteiger partial charge < -0.3 is 4.74 Å². The first-order chi connectivity index (χ1) is 6.72. The fourth-order valence-corrected chi connectivity index (χ4v) is 1.66. The molecule has 0 aromatic heterocycles. The fourth-order valence-electron chi connectivity index (χ4n) is 1.66. The smallest absolute Gasteiger partial charge is 0.159 e. The quantitative estimate of drug-likeness (QED) is 0.685. The number of rotatable bonds is 3. The van der Waals surface area contributed by atoms with Crippen molar-refractivity contribution in [2.75, 3.05) is 7.11 Å². The van der Waals surface area contributed by atoms with Crippen molar-refractivity contribution in [3.05, 3.63) is 29.3 Å². The van der Waals surface area contributed by atoms with E-state index in [-0.39, 0.29) is 5.78 Å². The average Bonchev–Trinajstić information content (AvgIpc) is 3.00. The number of methoxy groups -OCH3 is 1. The summed E-state index contributed by atoms with van der Waals surface area (Å²) in [6.45, 7) is 1.57. The second-order valence-corrected chi connectivity index (χ2v) is 3.79. The molecule has 2 rings (SSSR count). The number of ether oxygens (including phenoxy) is 1. The molecule has 0 spiro atoms. The third-order valence-electron chi connectivity index (χ3n) is 2.66. The highest BCUT2D eigenvalue weighted by atomic mass is 16.5. The van der Waals surface area contributed by atoms with E-state index < -0.39 is 0 Å². The Balaban J connectivity index is 2.38. The molecule has 0 N–H and O–H groups in total. The van der Waals surface area contributed by atoms with Crippen LogP contribution in [0.3, 0.4) is 0 Å². The highest BCUT2D eigenvalue weighted by Crippen LogP contribution is 2.44. The molecule has 1 fully saturated rings. The summed E-state index contributed by atoms with van der Waals surface area (Å²) in [7, 11) is 1.66. The summed E-state index contributed by atoms with van der Waals surface area (Å²) in [4.78, 5) is 11.2. The minimum absolute atomic E-state index is 0.0886. The number of carbonyl (C=O) groups excluding carboxylic acids is 1. The van der Waals surface area contributed by atoms with E-state index in [0.717, 1.165) is 11.3 Å². The molecule has 1 aromatic rings. The highest BCUT2D eigenvalue weighted by molar-refractivity contribution is 5.94. The van der Waals surface area contributed by atoms with Crippen molar-refractivity contribution in [2.24, 2.45) is 0 Å². The molecule has 2 heteroatoms. The van der Waals surface area contributed by atoms with Gasteiger partial charge in [0.05, 0.1) is 7.11 Å². The van der Waals surface area contributed by atoms with Crippen LogP contribution in [-0.2, 0) is 0 Å². The van der Waals surface area contributed by atoms with Crippen LogP contribution in [0.1, 0.15) is 41.6 Å². The van der Waals surface area contributed by atoms with Crippen LogP contribution in [0.4, 0.5) is 0 Å². The van der Waals surface area contributed by atoms with Crippen LogP contribution in [0.25, 0.3) is 0 Å². The van der Waals surface area contributed by atoms with Crippen LogP contribution in [0.2, 0.25) is 0 Å². The largest absolute Gasteiger partial charge is 0.496 e. The van der Waals surface area contributed by atoms with Crippen molar-refractivity contribution in [2.45, 2.75) is 25.7 Å². The van der Waals surface area contributed by atoms with Gasteiger partial charge in [-0.25, -0.2) is 0 Å². The predicted octanol–water partition coefficient (Wildman–Crippen LogP) is 2.78. The zero-order valence-corrected chi connectivity index (χ0v) is 8.54. The Labute approximate surface area is 83.9 Å². The maximum absolute atomic E-state index is 11.2. The Kier molecular flexibility index (Phi) is 2.28. The van der Waals surface area contributed by atoms with Gasteiger partial charge in [0.25, 0.3) is 0 Å². The molecular formula is C12H14O2. The Morgan fingerprint density at radius 2 is 2.14 bits per heavy atom. The lowest BCUT2D eigenvalue weighted by atomic mass is 10.0. The van der Waals surface area contributed by atoms with Crippen LogP contribution in [0.15, 0.2) is 18.2 Å². The highest BCUT2D eigenvalue weighted by Gasteiger charge is 2.26. The summed E-state index contributed by atoms with van der Waals surface area (Å²) >= 11 is 0. The van der Waals surface area contributed by atoms with Gasteiger partial charge in [0.2, 0.25) is 0 Å². The number of ketones is 1. The molecule has 0 heterocycles. The summed E-state index contributed by atoms with van der Waals surface area (Å²) in [5.41, 5.74) is 1.98. The van der Waals surface area contributed by atoms with Gasteiger partial charge in [-0.15, -0.1) is 0 Å². The predicted molar refractivity (Wildman–Crippen MR) is 55.0 cm³/mol. The molecule has 1 saturated carbocycles. The van der Waals surface area contributed by atoms with E-state index in [4.69, 9.17) is 4.74 Å². The van der Waals surface area contributed by atoms with Crippen LogP contribution >= 0.6 is 0 Å². The van der Waals surface area contributed by atoms with E-state index in [9.17, 15) is 4.79 Å². The minimum Gasteiger partial charge on any atom is -0.496 e. The Morgan fingerprint density at radius 3 is 2.64 bits per heavy atom. The molecule has 0 amide bonds. The molecular weight excluding hydrogens is 176 g/mol. The van der Waals surface area contributed by atoms with Crippen LogP contribution < -0.4 is 4.74 Å². The fraction of sp³-hybridized carbons (Fsp3) is 0.417. The van der Waals surface area contributed by atoms with Crippen molar-refractivity contribution < 1.29 is 9.53 Å². The molecule has 1 aliphatic carbocycles. The number of Topliss-reactive ketones (excluding diaryl/α,β-unsaturated/α-hetero) is 1. The first-order valence-corrected chi connectivity index (χ1v) is 4.91. The summed E-state index contributed by atoms with van der Waals surface area (Å²) in [6, 6.07) is 5.75. The van der Waals surface area contributed by atoms with E-state index in [1.165, 1.54) is 18.4 Å². The molecule has 74 valence electrons. The molecule has 0 radical (unpaired) electrons. The minimum atomic E-state index is 0.0886. The normalized spacial score (nSPS) is 15.3. The molecule has 1 aromatic carbocycles. The van der Waals surface area contributed by atoms with Crippen molar-refractivity contribution in [3.8, 4) is 5.75 Å². The topological polar surface area (TPSA) is 26.3 Å². The number of hydrogen-bond donors (Lipinski definition) is 0. The van der Waals surface area contributed by atoms with E-state index in [0.29, 0.717) is 5.92 Å². The van der Waals surface area contributed by atoms with Gasteiger partial charge in [-0.2, -0.15) is 0 Å². The van der Waals surface area contributed by atoms with Gasteiger partial charge in [0, 0.05) is 5.56 Å². The van der Waals surface area contributed by atoms with Gasteiger partial charge in [-0.3, -0.25) is 4.79 Å². The second kappa shape index (κ2) is 3.45. The molecule has 0 atom stereocenters. The first kappa shape index (κ1) is 9.25. The molecule has 0 aliphatic heterocycles. The molecule has 0 saturated heterocycles.